The number of rotatable bonds is 3. The second-order valence-electron chi connectivity index (χ2n) is 5.38. The van der Waals surface area contributed by atoms with Crippen LogP contribution in [-0.4, -0.2) is 15.6 Å². The van der Waals surface area contributed by atoms with Crippen molar-refractivity contribution in [2.45, 2.75) is 6.42 Å². The third kappa shape index (κ3) is 2.98. The van der Waals surface area contributed by atoms with Gasteiger partial charge in [0.05, 0.1) is 21.1 Å². The maximum absolute atomic E-state index is 11.3. The zero-order valence-electron chi connectivity index (χ0n) is 12.4. The van der Waals surface area contributed by atoms with Crippen molar-refractivity contribution < 1.29 is 9.90 Å². The second kappa shape index (κ2) is 6.49. The number of carbonyl (C=O) groups is 1. The van der Waals surface area contributed by atoms with Gasteiger partial charge in [-0.25, -0.2) is 4.79 Å². The van der Waals surface area contributed by atoms with E-state index >= 15 is 0 Å². The lowest BCUT2D eigenvalue weighted by Crippen LogP contribution is -2.03. The molecule has 0 fully saturated rings. The third-order valence-electron chi connectivity index (χ3n) is 3.95. The minimum atomic E-state index is -1.09. The highest BCUT2D eigenvalue weighted by Gasteiger charge is 2.18. The molecule has 3 rings (SSSR count). The van der Waals surface area contributed by atoms with Crippen molar-refractivity contribution in [2.24, 2.45) is 7.05 Å². The van der Waals surface area contributed by atoms with E-state index in [2.05, 4.69) is 0 Å². The van der Waals surface area contributed by atoms with Crippen molar-refractivity contribution >= 4 is 63.3 Å². The van der Waals surface area contributed by atoms with Crippen LogP contribution in [0.5, 0.6) is 0 Å². The first-order valence-corrected chi connectivity index (χ1v) is 8.44. The van der Waals surface area contributed by atoms with Gasteiger partial charge in [-0.2, -0.15) is 0 Å². The van der Waals surface area contributed by atoms with E-state index in [1.807, 2.05) is 23.7 Å². The van der Waals surface area contributed by atoms with Crippen molar-refractivity contribution in [3.8, 4) is 0 Å². The van der Waals surface area contributed by atoms with Crippen LogP contribution in [0.3, 0.4) is 0 Å². The Morgan fingerprint density at radius 3 is 2.46 bits per heavy atom. The number of aromatic nitrogens is 1. The summed E-state index contributed by atoms with van der Waals surface area (Å²) < 4.78 is 1.94. The van der Waals surface area contributed by atoms with Crippen LogP contribution in [0.4, 0.5) is 0 Å². The smallest absolute Gasteiger partial charge is 0.337 e. The van der Waals surface area contributed by atoms with E-state index in [1.165, 1.54) is 6.07 Å². The van der Waals surface area contributed by atoms with Gasteiger partial charge in [0.15, 0.2) is 0 Å². The second-order valence-corrected chi connectivity index (χ2v) is 7.01. The highest BCUT2D eigenvalue weighted by Crippen LogP contribution is 2.34. The molecule has 0 saturated heterocycles. The minimum absolute atomic E-state index is 0.0240. The van der Waals surface area contributed by atoms with Crippen LogP contribution in [0.25, 0.3) is 10.9 Å². The van der Waals surface area contributed by atoms with E-state index in [-0.39, 0.29) is 10.6 Å². The summed E-state index contributed by atoms with van der Waals surface area (Å²) in [5.41, 5.74) is 2.35. The summed E-state index contributed by atoms with van der Waals surface area (Å²) in [7, 11) is 1.88. The molecule has 0 unspecified atom stereocenters. The van der Waals surface area contributed by atoms with E-state index in [1.54, 1.807) is 12.1 Å². The molecule has 0 amide bonds. The molecule has 0 aliphatic carbocycles. The first kappa shape index (κ1) is 17.4. The molecule has 2 aromatic carbocycles. The lowest BCUT2D eigenvalue weighted by molar-refractivity contribution is 0.0697. The summed E-state index contributed by atoms with van der Waals surface area (Å²) >= 11 is 24.8. The molecule has 124 valence electrons. The molecule has 0 saturated carbocycles. The lowest BCUT2D eigenvalue weighted by Gasteiger charge is -2.10. The van der Waals surface area contributed by atoms with Crippen LogP contribution in [0.15, 0.2) is 30.3 Å². The van der Waals surface area contributed by atoms with Crippen molar-refractivity contribution in [2.75, 3.05) is 0 Å². The van der Waals surface area contributed by atoms with Gasteiger partial charge < -0.3 is 9.67 Å². The van der Waals surface area contributed by atoms with Crippen molar-refractivity contribution in [1.82, 2.24) is 4.57 Å². The summed E-state index contributed by atoms with van der Waals surface area (Å²) in [4.78, 5) is 11.3. The summed E-state index contributed by atoms with van der Waals surface area (Å²) in [5, 5.41) is 11.7. The first-order chi connectivity index (χ1) is 11.3. The number of hydrogen-bond acceptors (Lipinski definition) is 1. The summed E-state index contributed by atoms with van der Waals surface area (Å²) in [6.07, 6.45) is 0.373. The molecule has 0 spiro atoms. The molecule has 1 heterocycles. The van der Waals surface area contributed by atoms with Crippen LogP contribution < -0.4 is 0 Å². The molecule has 0 aliphatic heterocycles. The van der Waals surface area contributed by atoms with Gasteiger partial charge in [0.2, 0.25) is 0 Å². The maximum atomic E-state index is 11.3. The van der Waals surface area contributed by atoms with E-state index in [0.29, 0.717) is 27.1 Å². The van der Waals surface area contributed by atoms with Crippen LogP contribution in [0, 0.1) is 0 Å². The Labute approximate surface area is 158 Å². The molecule has 3 aromatic rings. The number of hydrogen-bond donors (Lipinski definition) is 1. The molecule has 1 aromatic heterocycles. The van der Waals surface area contributed by atoms with Crippen LogP contribution in [-0.2, 0) is 13.5 Å². The highest BCUT2D eigenvalue weighted by molar-refractivity contribution is 6.39. The maximum Gasteiger partial charge on any atom is 0.337 e. The van der Waals surface area contributed by atoms with Crippen molar-refractivity contribution in [3.05, 3.63) is 67.2 Å². The van der Waals surface area contributed by atoms with Gasteiger partial charge in [0.25, 0.3) is 0 Å². The summed E-state index contributed by atoms with van der Waals surface area (Å²) in [6, 6.07) is 8.37. The Morgan fingerprint density at radius 1 is 1.08 bits per heavy atom. The van der Waals surface area contributed by atoms with E-state index in [9.17, 15) is 9.90 Å². The van der Waals surface area contributed by atoms with Gasteiger partial charge >= 0.3 is 5.97 Å². The number of nitrogens with zero attached hydrogens (tertiary/aromatic N) is 1. The fourth-order valence-corrected chi connectivity index (χ4v) is 3.81. The number of aryl methyl sites for hydroxylation is 1. The quantitative estimate of drug-likeness (QED) is 0.576. The molecule has 0 radical (unpaired) electrons. The van der Waals surface area contributed by atoms with E-state index < -0.39 is 5.97 Å². The Kier molecular flexibility index (Phi) is 4.71. The Bertz CT molecular complexity index is 979. The predicted octanol–water partition coefficient (Wildman–Crippen LogP) is 6.08. The van der Waals surface area contributed by atoms with Gasteiger partial charge in [0.1, 0.15) is 0 Å². The average molecular weight is 403 g/mol. The minimum Gasteiger partial charge on any atom is -0.478 e. The molecule has 0 atom stereocenters. The molecule has 0 aliphatic rings. The summed E-state index contributed by atoms with van der Waals surface area (Å²) in [6.45, 7) is 0. The molecule has 3 nitrogen and oxygen atoms in total. The standard InChI is InChI=1S/C17H11Cl4NO2/c1-22-9(6-11-14(20)4-8(18)5-15(11)22)7-12-13(19)3-2-10(16(12)21)17(23)24/h2-6H,7H2,1H3,(H,23,24). The number of fused-ring (bicyclic) bond motifs is 1. The van der Waals surface area contributed by atoms with Crippen molar-refractivity contribution in [3.63, 3.8) is 0 Å². The lowest BCUT2D eigenvalue weighted by atomic mass is 10.1. The molecular formula is C17H11Cl4NO2. The Morgan fingerprint density at radius 2 is 1.79 bits per heavy atom. The van der Waals surface area contributed by atoms with Gasteiger partial charge in [-0.3, -0.25) is 0 Å². The average Bonchev–Trinajstić information content (AvgIpc) is 2.80. The molecule has 1 N–H and O–H groups in total. The van der Waals surface area contributed by atoms with Gasteiger partial charge in [-0.15, -0.1) is 0 Å². The van der Waals surface area contributed by atoms with Gasteiger partial charge in [0, 0.05) is 34.6 Å². The molecular weight excluding hydrogens is 392 g/mol. The zero-order valence-corrected chi connectivity index (χ0v) is 15.4. The Balaban J connectivity index is 2.14. The normalized spacial score (nSPS) is 11.2. The highest BCUT2D eigenvalue weighted by atomic mass is 35.5. The summed E-state index contributed by atoms with van der Waals surface area (Å²) in [5.74, 6) is -1.09. The predicted molar refractivity (Wildman–Crippen MR) is 99.2 cm³/mol. The monoisotopic (exact) mass is 401 g/mol. The van der Waals surface area contributed by atoms with Crippen LogP contribution in [0.2, 0.25) is 20.1 Å². The fraction of sp³-hybridized carbons (Fsp3) is 0.118. The molecule has 7 heteroatoms. The molecule has 24 heavy (non-hydrogen) atoms. The number of aromatic carboxylic acids is 1. The van der Waals surface area contributed by atoms with Gasteiger partial charge in [-0.1, -0.05) is 46.4 Å². The number of benzene rings is 2. The van der Waals surface area contributed by atoms with Crippen LogP contribution >= 0.6 is 46.4 Å². The number of halogens is 4. The Hall–Kier alpha value is -1.39. The number of carboxylic acid groups (broad SMARTS) is 1. The fourth-order valence-electron chi connectivity index (χ4n) is 2.69. The van der Waals surface area contributed by atoms with E-state index in [0.717, 1.165) is 16.6 Å². The first-order valence-electron chi connectivity index (χ1n) is 6.93. The van der Waals surface area contributed by atoms with Crippen LogP contribution in [0.1, 0.15) is 21.6 Å². The number of carboxylic acids is 1. The zero-order chi connectivity index (χ0) is 17.6. The van der Waals surface area contributed by atoms with Crippen molar-refractivity contribution in [1.29, 1.82) is 0 Å². The topological polar surface area (TPSA) is 42.2 Å². The third-order valence-corrected chi connectivity index (χ3v) is 5.27. The van der Waals surface area contributed by atoms with E-state index in [4.69, 9.17) is 46.4 Å². The SMILES string of the molecule is Cn1c(Cc2c(Cl)ccc(C(=O)O)c2Cl)cc2c(Cl)cc(Cl)cc21. The van der Waals surface area contributed by atoms with Gasteiger partial charge in [-0.05, 0) is 35.9 Å². The largest absolute Gasteiger partial charge is 0.478 e. The molecule has 0 bridgehead atoms.